The lowest BCUT2D eigenvalue weighted by molar-refractivity contribution is -0.0498. The number of halogens is 2. The second kappa shape index (κ2) is 10.6. The van der Waals surface area contributed by atoms with Gasteiger partial charge in [0, 0.05) is 43.6 Å². The fourth-order valence-electron chi connectivity index (χ4n) is 3.82. The average molecular weight is 498 g/mol. The first-order chi connectivity index (χ1) is 16.3. The Hall–Kier alpha value is -2.80. The van der Waals surface area contributed by atoms with Crippen molar-refractivity contribution in [3.63, 3.8) is 0 Å². The van der Waals surface area contributed by atoms with Crippen molar-refractivity contribution in [2.24, 2.45) is 0 Å². The molecule has 0 saturated carbocycles. The second-order valence-electron chi connectivity index (χ2n) is 7.66. The van der Waals surface area contributed by atoms with E-state index < -0.39 is 22.5 Å². The molecule has 0 aromatic heterocycles. The number of alkyl halides is 2. The van der Waals surface area contributed by atoms with E-state index in [2.05, 4.69) is 10.1 Å². The van der Waals surface area contributed by atoms with Gasteiger partial charge in [-0.3, -0.25) is 4.79 Å². The van der Waals surface area contributed by atoms with Crippen LogP contribution in [0.25, 0.3) is 0 Å². The Morgan fingerprint density at radius 3 is 2.32 bits per heavy atom. The largest absolute Gasteiger partial charge is 0.435 e. The first-order valence-electron chi connectivity index (χ1n) is 10.8. The molecule has 2 aliphatic rings. The van der Waals surface area contributed by atoms with E-state index in [0.717, 1.165) is 0 Å². The summed E-state index contributed by atoms with van der Waals surface area (Å²) >= 11 is 0. The number of rotatable bonds is 7. The normalized spacial score (nSPS) is 17.6. The van der Waals surface area contributed by atoms with Gasteiger partial charge in [-0.2, -0.15) is 13.1 Å². The Morgan fingerprint density at radius 2 is 1.65 bits per heavy atom. The lowest BCUT2D eigenvalue weighted by atomic mass is 10.1. The van der Waals surface area contributed by atoms with Crippen LogP contribution < -0.4 is 15.0 Å². The van der Waals surface area contributed by atoms with Crippen molar-refractivity contribution in [1.29, 1.82) is 0 Å². The van der Waals surface area contributed by atoms with Crippen LogP contribution in [-0.4, -0.2) is 77.8 Å². The minimum atomic E-state index is -3.83. The highest BCUT2D eigenvalue weighted by Crippen LogP contribution is 2.28. The Morgan fingerprint density at radius 1 is 0.971 bits per heavy atom. The summed E-state index contributed by atoms with van der Waals surface area (Å²) in [6, 6.07) is 10.1. The van der Waals surface area contributed by atoms with E-state index in [1.54, 1.807) is 6.07 Å². The Labute approximate surface area is 196 Å². The fraction of sp³-hybridized carbons (Fsp3) is 0.409. The van der Waals surface area contributed by atoms with Crippen LogP contribution in [0.4, 0.5) is 20.2 Å². The number of anilines is 2. The highest BCUT2D eigenvalue weighted by Gasteiger charge is 2.29. The first-order valence-corrected chi connectivity index (χ1v) is 12.2. The summed E-state index contributed by atoms with van der Waals surface area (Å²) in [5.41, 5.74) is 0.940. The topological polar surface area (TPSA) is 97.4 Å². The van der Waals surface area contributed by atoms with Crippen molar-refractivity contribution < 1.29 is 36.2 Å². The third-order valence-corrected chi connectivity index (χ3v) is 7.38. The second-order valence-corrected chi connectivity index (χ2v) is 9.59. The van der Waals surface area contributed by atoms with Gasteiger partial charge >= 0.3 is 6.61 Å². The molecule has 0 aliphatic carbocycles. The van der Waals surface area contributed by atoms with E-state index in [4.69, 9.17) is 9.47 Å². The van der Waals surface area contributed by atoms with Gasteiger partial charge in [0.05, 0.1) is 36.9 Å². The van der Waals surface area contributed by atoms with Crippen molar-refractivity contribution in [3.8, 4) is 5.75 Å². The van der Waals surface area contributed by atoms with Crippen molar-refractivity contribution in [3.05, 3.63) is 48.0 Å². The summed E-state index contributed by atoms with van der Waals surface area (Å²) in [5, 5.41) is 2.66. The van der Waals surface area contributed by atoms with Crippen LogP contribution in [-0.2, 0) is 19.5 Å². The van der Waals surface area contributed by atoms with Crippen molar-refractivity contribution >= 4 is 27.3 Å². The van der Waals surface area contributed by atoms with Crippen molar-refractivity contribution in [2.75, 3.05) is 62.8 Å². The molecule has 2 aromatic carbocycles. The number of nitrogens with one attached hydrogen (secondary N) is 1. The van der Waals surface area contributed by atoms with Gasteiger partial charge in [-0.15, -0.1) is 0 Å². The molecule has 0 unspecified atom stereocenters. The van der Waals surface area contributed by atoms with Gasteiger partial charge in [0.25, 0.3) is 5.91 Å². The van der Waals surface area contributed by atoms with Gasteiger partial charge in [-0.05, 0) is 30.3 Å². The van der Waals surface area contributed by atoms with E-state index in [0.29, 0.717) is 45.2 Å². The maximum Gasteiger partial charge on any atom is 0.387 e. The zero-order valence-corrected chi connectivity index (χ0v) is 19.1. The lowest BCUT2D eigenvalue weighted by Gasteiger charge is -2.31. The molecule has 2 saturated heterocycles. The van der Waals surface area contributed by atoms with E-state index in [1.807, 2.05) is 4.90 Å². The molecule has 9 nitrogen and oxygen atoms in total. The van der Waals surface area contributed by atoms with Gasteiger partial charge in [0.2, 0.25) is 10.0 Å². The number of hydrogen-bond acceptors (Lipinski definition) is 7. The smallest absolute Gasteiger partial charge is 0.387 e. The fourth-order valence-corrected chi connectivity index (χ4v) is 5.26. The van der Waals surface area contributed by atoms with Gasteiger partial charge in [0.15, 0.2) is 0 Å². The van der Waals surface area contributed by atoms with Crippen LogP contribution in [0.5, 0.6) is 5.75 Å². The van der Waals surface area contributed by atoms with E-state index in [-0.39, 0.29) is 35.0 Å². The molecule has 0 bridgehead atoms. The van der Waals surface area contributed by atoms with Gasteiger partial charge in [-0.25, -0.2) is 8.42 Å². The Kier molecular flexibility index (Phi) is 7.61. The summed E-state index contributed by atoms with van der Waals surface area (Å²) in [7, 11) is -3.83. The Balaban J connectivity index is 1.66. The zero-order chi connectivity index (χ0) is 24.1. The number of carbonyl (C=O) groups is 1. The number of ether oxygens (including phenoxy) is 3. The van der Waals surface area contributed by atoms with Crippen molar-refractivity contribution in [1.82, 2.24) is 4.31 Å². The molecule has 1 N–H and O–H groups in total. The molecule has 1 amide bonds. The van der Waals surface area contributed by atoms with E-state index in [9.17, 15) is 22.0 Å². The SMILES string of the molecule is O=C(Nc1cccc(OC(F)F)c1)c1cc(S(=O)(=O)N2CCOCC2)ccc1N1CCOCC1. The molecule has 34 heavy (non-hydrogen) atoms. The molecule has 184 valence electrons. The van der Waals surface area contributed by atoms with E-state index >= 15 is 0 Å². The molecular weight excluding hydrogens is 472 g/mol. The summed E-state index contributed by atoms with van der Waals surface area (Å²) in [6.07, 6.45) is 0. The number of nitrogens with zero attached hydrogens (tertiary/aromatic N) is 2. The van der Waals surface area contributed by atoms with Crippen LogP contribution in [0.15, 0.2) is 47.4 Å². The predicted molar refractivity (Wildman–Crippen MR) is 120 cm³/mol. The maximum atomic E-state index is 13.3. The molecular formula is C22H25F2N3O6S. The summed E-state index contributed by atoms with van der Waals surface area (Å²) in [6.45, 7) is 0.0781. The van der Waals surface area contributed by atoms with Crippen LogP contribution in [0.2, 0.25) is 0 Å². The summed E-state index contributed by atoms with van der Waals surface area (Å²) < 4.78 is 67.8. The quantitative estimate of drug-likeness (QED) is 0.628. The zero-order valence-electron chi connectivity index (χ0n) is 18.3. The summed E-state index contributed by atoms with van der Waals surface area (Å²) in [4.78, 5) is 15.2. The highest BCUT2D eigenvalue weighted by atomic mass is 32.2. The minimum absolute atomic E-state index is 0.00801. The predicted octanol–water partition coefficient (Wildman–Crippen LogP) is 2.40. The molecule has 12 heteroatoms. The van der Waals surface area contributed by atoms with Gasteiger partial charge in [-0.1, -0.05) is 6.07 Å². The third-order valence-electron chi connectivity index (χ3n) is 5.49. The molecule has 0 atom stereocenters. The van der Waals surface area contributed by atoms with Gasteiger partial charge in [0.1, 0.15) is 5.75 Å². The first kappa shape index (κ1) is 24.3. The number of amides is 1. The molecule has 4 rings (SSSR count). The number of benzene rings is 2. The van der Waals surface area contributed by atoms with Crippen LogP contribution in [0.3, 0.4) is 0 Å². The van der Waals surface area contributed by atoms with Crippen molar-refractivity contribution in [2.45, 2.75) is 11.5 Å². The molecule has 2 fully saturated rings. The molecule has 0 radical (unpaired) electrons. The summed E-state index contributed by atoms with van der Waals surface area (Å²) in [5.74, 6) is -0.681. The maximum absolute atomic E-state index is 13.3. The van der Waals surface area contributed by atoms with Crippen LogP contribution in [0.1, 0.15) is 10.4 Å². The number of hydrogen-bond donors (Lipinski definition) is 1. The third kappa shape index (κ3) is 5.63. The standard InChI is InChI=1S/C22H25F2N3O6S/c23-22(24)33-17-3-1-2-16(14-17)25-21(28)19-15-18(34(29,30)27-8-12-32-13-9-27)4-5-20(19)26-6-10-31-11-7-26/h1-5,14-15,22H,6-13H2,(H,25,28). The number of sulfonamides is 1. The monoisotopic (exact) mass is 497 g/mol. The van der Waals surface area contributed by atoms with Gasteiger partial charge < -0.3 is 24.4 Å². The number of morpholine rings is 2. The number of carbonyl (C=O) groups excluding carboxylic acids is 1. The Bertz CT molecular complexity index is 1120. The van der Waals surface area contributed by atoms with Crippen LogP contribution >= 0.6 is 0 Å². The molecule has 2 aromatic rings. The lowest BCUT2D eigenvalue weighted by Crippen LogP contribution is -2.41. The molecule has 0 spiro atoms. The average Bonchev–Trinajstić information content (AvgIpc) is 2.84. The van der Waals surface area contributed by atoms with Crippen LogP contribution in [0, 0.1) is 0 Å². The minimum Gasteiger partial charge on any atom is -0.435 e. The van der Waals surface area contributed by atoms with E-state index in [1.165, 1.54) is 40.7 Å². The highest BCUT2D eigenvalue weighted by molar-refractivity contribution is 7.89. The molecule has 2 heterocycles. The molecule has 2 aliphatic heterocycles.